The third-order valence-electron chi connectivity index (χ3n) is 4.95. The third kappa shape index (κ3) is 7.48. The Kier molecular flexibility index (Phi) is 9.59. The maximum atomic E-state index is 5.64. The van der Waals surface area contributed by atoms with E-state index in [4.69, 9.17) is 9.47 Å². The summed E-state index contributed by atoms with van der Waals surface area (Å²) in [6.07, 6.45) is 1.16. The van der Waals surface area contributed by atoms with Gasteiger partial charge in [-0.2, -0.15) is 0 Å². The monoisotopic (exact) mass is 376 g/mol. The molecule has 0 amide bonds. The molecule has 0 spiro atoms. The predicted molar refractivity (Wildman–Crippen MR) is 111 cm³/mol. The van der Waals surface area contributed by atoms with Crippen LogP contribution in [-0.2, 0) is 9.47 Å². The van der Waals surface area contributed by atoms with Gasteiger partial charge >= 0.3 is 0 Å². The van der Waals surface area contributed by atoms with E-state index in [0.29, 0.717) is 18.5 Å². The van der Waals surface area contributed by atoms with Crippen LogP contribution in [0.2, 0.25) is 0 Å². The van der Waals surface area contributed by atoms with Gasteiger partial charge in [-0.15, -0.1) is 0 Å². The number of nitrogens with one attached hydrogen (secondary N) is 2. The molecule has 0 aromatic heterocycles. The van der Waals surface area contributed by atoms with Gasteiger partial charge in [0.05, 0.1) is 19.3 Å². The number of benzene rings is 1. The quantitative estimate of drug-likeness (QED) is 0.512. The topological polar surface area (TPSA) is 58.1 Å². The Morgan fingerprint density at radius 3 is 2.41 bits per heavy atom. The number of aliphatic imine (C=N–C) groups is 1. The largest absolute Gasteiger partial charge is 0.379 e. The average Bonchev–Trinajstić information content (AvgIpc) is 2.70. The minimum absolute atomic E-state index is 0.00421. The Hall–Kier alpha value is -1.63. The van der Waals surface area contributed by atoms with E-state index in [1.54, 1.807) is 7.11 Å². The third-order valence-corrected chi connectivity index (χ3v) is 4.95. The fraction of sp³-hybridized carbons (Fsp3) is 0.667. The maximum Gasteiger partial charge on any atom is 0.191 e. The standard InChI is InChI=1S/C21H36N4O2/c1-17(2)14-19(25-10-12-27-13-11-25)15-23-21(22-3)24-16-20(26-4)18-8-6-5-7-9-18/h5-9,17,19-20H,10-16H2,1-4H3,(H2,22,23,24). The summed E-state index contributed by atoms with van der Waals surface area (Å²) < 4.78 is 11.1. The zero-order valence-electron chi connectivity index (χ0n) is 17.3. The molecular weight excluding hydrogens is 340 g/mol. The van der Waals surface area contributed by atoms with Gasteiger partial charge in [-0.3, -0.25) is 9.89 Å². The molecular formula is C21H36N4O2. The second kappa shape index (κ2) is 12.0. The highest BCUT2D eigenvalue weighted by atomic mass is 16.5. The number of hydrogen-bond donors (Lipinski definition) is 2. The van der Waals surface area contributed by atoms with Crippen LogP contribution in [-0.4, -0.2) is 70.5 Å². The fourth-order valence-electron chi connectivity index (χ4n) is 3.48. The molecule has 2 atom stereocenters. The molecule has 2 N–H and O–H groups in total. The Bertz CT molecular complexity index is 544. The maximum absolute atomic E-state index is 5.64. The van der Waals surface area contributed by atoms with Gasteiger partial charge < -0.3 is 20.1 Å². The van der Waals surface area contributed by atoms with Crippen LogP contribution < -0.4 is 10.6 Å². The predicted octanol–water partition coefficient (Wildman–Crippen LogP) is 2.29. The molecule has 2 rings (SSSR count). The molecule has 1 saturated heterocycles. The number of rotatable bonds is 9. The van der Waals surface area contributed by atoms with Gasteiger partial charge in [0.1, 0.15) is 0 Å². The van der Waals surface area contributed by atoms with E-state index in [1.165, 1.54) is 0 Å². The van der Waals surface area contributed by atoms with Crippen molar-refractivity contribution >= 4 is 5.96 Å². The van der Waals surface area contributed by atoms with Crippen LogP contribution in [0.4, 0.5) is 0 Å². The molecule has 0 radical (unpaired) electrons. The van der Waals surface area contributed by atoms with Crippen molar-refractivity contribution in [3.8, 4) is 0 Å². The summed E-state index contributed by atoms with van der Waals surface area (Å²) in [4.78, 5) is 6.91. The summed E-state index contributed by atoms with van der Waals surface area (Å²) in [7, 11) is 3.55. The average molecular weight is 377 g/mol. The summed E-state index contributed by atoms with van der Waals surface area (Å²) in [5.74, 6) is 1.47. The molecule has 6 nitrogen and oxygen atoms in total. The lowest BCUT2D eigenvalue weighted by Gasteiger charge is -2.35. The van der Waals surface area contributed by atoms with Crippen molar-refractivity contribution < 1.29 is 9.47 Å². The van der Waals surface area contributed by atoms with Gasteiger partial charge in [0.15, 0.2) is 5.96 Å². The summed E-state index contributed by atoms with van der Waals surface area (Å²) in [6.45, 7) is 9.78. The van der Waals surface area contributed by atoms with Gasteiger partial charge in [-0.05, 0) is 17.9 Å². The first-order valence-electron chi connectivity index (χ1n) is 9.98. The number of guanidine groups is 1. The normalized spacial score (nSPS) is 18.3. The fourth-order valence-corrected chi connectivity index (χ4v) is 3.48. The van der Waals surface area contributed by atoms with Crippen molar-refractivity contribution in [1.29, 1.82) is 0 Å². The highest BCUT2D eigenvalue weighted by Gasteiger charge is 2.22. The first kappa shape index (κ1) is 21.7. The number of hydrogen-bond acceptors (Lipinski definition) is 4. The van der Waals surface area contributed by atoms with Gasteiger partial charge in [0.2, 0.25) is 0 Å². The lowest BCUT2D eigenvalue weighted by molar-refractivity contribution is 0.0132. The Balaban J connectivity index is 1.86. The van der Waals surface area contributed by atoms with Crippen LogP contribution in [0, 0.1) is 5.92 Å². The van der Waals surface area contributed by atoms with E-state index < -0.39 is 0 Å². The molecule has 2 unspecified atom stereocenters. The molecule has 1 aromatic carbocycles. The molecule has 0 saturated carbocycles. The van der Waals surface area contributed by atoms with E-state index in [0.717, 1.165) is 50.8 Å². The van der Waals surface area contributed by atoms with Crippen molar-refractivity contribution in [2.45, 2.75) is 32.4 Å². The zero-order chi connectivity index (χ0) is 19.5. The lowest BCUT2D eigenvalue weighted by atomic mass is 10.0. The first-order valence-corrected chi connectivity index (χ1v) is 9.98. The molecule has 1 aliphatic rings. The molecule has 152 valence electrons. The van der Waals surface area contributed by atoms with E-state index in [9.17, 15) is 0 Å². The minimum atomic E-state index is -0.00421. The van der Waals surface area contributed by atoms with Gasteiger partial charge in [0.25, 0.3) is 0 Å². The summed E-state index contributed by atoms with van der Waals surface area (Å²) in [5, 5.41) is 6.91. The van der Waals surface area contributed by atoms with Crippen molar-refractivity contribution in [3.05, 3.63) is 35.9 Å². The van der Waals surface area contributed by atoms with Crippen LogP contribution >= 0.6 is 0 Å². The SMILES string of the molecule is CN=C(NCC(OC)c1ccccc1)NCC(CC(C)C)N1CCOCC1. The highest BCUT2D eigenvalue weighted by molar-refractivity contribution is 5.79. The summed E-state index contributed by atoms with van der Waals surface area (Å²) in [5.41, 5.74) is 1.16. The molecule has 1 aliphatic heterocycles. The second-order valence-electron chi connectivity index (χ2n) is 7.40. The molecule has 27 heavy (non-hydrogen) atoms. The van der Waals surface area contributed by atoms with Crippen LogP contribution in [0.3, 0.4) is 0 Å². The number of methoxy groups -OCH3 is 1. The minimum Gasteiger partial charge on any atom is -0.379 e. The summed E-state index contributed by atoms with van der Waals surface area (Å²) >= 11 is 0. The van der Waals surface area contributed by atoms with Crippen molar-refractivity contribution in [3.63, 3.8) is 0 Å². The Morgan fingerprint density at radius 1 is 1.15 bits per heavy atom. The van der Waals surface area contributed by atoms with E-state index in [1.807, 2.05) is 25.2 Å². The van der Waals surface area contributed by atoms with Crippen LogP contribution in [0.1, 0.15) is 31.9 Å². The molecule has 1 aromatic rings. The van der Waals surface area contributed by atoms with Gasteiger partial charge in [-0.25, -0.2) is 0 Å². The zero-order valence-corrected chi connectivity index (χ0v) is 17.3. The van der Waals surface area contributed by atoms with Gasteiger partial charge in [0, 0.05) is 46.4 Å². The lowest BCUT2D eigenvalue weighted by Crippen LogP contribution is -2.51. The molecule has 6 heteroatoms. The molecule has 1 fully saturated rings. The Labute approximate surface area is 164 Å². The van der Waals surface area contributed by atoms with Crippen LogP contribution in [0.5, 0.6) is 0 Å². The van der Waals surface area contributed by atoms with E-state index >= 15 is 0 Å². The first-order chi connectivity index (χ1) is 13.1. The highest BCUT2D eigenvalue weighted by Crippen LogP contribution is 2.15. The summed E-state index contributed by atoms with van der Waals surface area (Å²) in [6, 6.07) is 10.7. The molecule has 0 aliphatic carbocycles. The van der Waals surface area contributed by atoms with Crippen molar-refractivity contribution in [2.75, 3.05) is 53.6 Å². The Morgan fingerprint density at radius 2 is 1.81 bits per heavy atom. The van der Waals surface area contributed by atoms with E-state index in [2.05, 4.69) is 46.5 Å². The van der Waals surface area contributed by atoms with Crippen LogP contribution in [0.15, 0.2) is 35.3 Å². The van der Waals surface area contributed by atoms with Crippen LogP contribution in [0.25, 0.3) is 0 Å². The molecule has 0 bridgehead atoms. The van der Waals surface area contributed by atoms with Crippen molar-refractivity contribution in [1.82, 2.24) is 15.5 Å². The smallest absolute Gasteiger partial charge is 0.191 e. The van der Waals surface area contributed by atoms with Crippen molar-refractivity contribution in [2.24, 2.45) is 10.9 Å². The number of morpholine rings is 1. The number of nitrogens with zero attached hydrogens (tertiary/aromatic N) is 2. The second-order valence-corrected chi connectivity index (χ2v) is 7.40. The molecule has 1 heterocycles. The van der Waals surface area contributed by atoms with Gasteiger partial charge in [-0.1, -0.05) is 44.2 Å². The number of ether oxygens (including phenoxy) is 2. The van der Waals surface area contributed by atoms with E-state index in [-0.39, 0.29) is 6.10 Å².